The van der Waals surface area contributed by atoms with E-state index in [1.54, 1.807) is 12.1 Å². The van der Waals surface area contributed by atoms with Crippen LogP contribution in [0.1, 0.15) is 50.7 Å². The van der Waals surface area contributed by atoms with Gasteiger partial charge < -0.3 is 0 Å². The zero-order valence-corrected chi connectivity index (χ0v) is 16.6. The second-order valence-electron chi connectivity index (χ2n) is 6.08. The largest absolute Gasteiger partial charge is 0.203 e. The SMILES string of the molecule is CC(C)c1c(Cl)cc(Cl)cc1Cl.CC(C)c1c(F)c(F)c(F)c(F)c1F. The summed E-state index contributed by atoms with van der Waals surface area (Å²) in [5.41, 5.74) is 0.184. The quantitative estimate of drug-likeness (QED) is 0.254. The van der Waals surface area contributed by atoms with Gasteiger partial charge in [0.15, 0.2) is 23.3 Å². The van der Waals surface area contributed by atoms with Crippen molar-refractivity contribution in [2.75, 3.05) is 0 Å². The van der Waals surface area contributed by atoms with E-state index in [1.165, 1.54) is 13.8 Å². The number of hydrogen-bond acceptors (Lipinski definition) is 0. The lowest BCUT2D eigenvalue weighted by Gasteiger charge is -2.10. The van der Waals surface area contributed by atoms with Gasteiger partial charge in [0.1, 0.15) is 0 Å². The van der Waals surface area contributed by atoms with E-state index in [9.17, 15) is 22.0 Å². The van der Waals surface area contributed by atoms with Gasteiger partial charge >= 0.3 is 0 Å². The first-order valence-electron chi connectivity index (χ1n) is 7.55. The Bertz CT molecular complexity index is 752. The molecule has 0 aliphatic rings. The van der Waals surface area contributed by atoms with Crippen molar-refractivity contribution in [1.29, 1.82) is 0 Å². The molecule has 0 aliphatic carbocycles. The van der Waals surface area contributed by atoms with Gasteiger partial charge in [-0.2, -0.15) is 0 Å². The third-order valence-corrected chi connectivity index (χ3v) is 4.29. The summed E-state index contributed by atoms with van der Waals surface area (Å²) < 4.78 is 63.6. The van der Waals surface area contributed by atoms with Gasteiger partial charge in [-0.15, -0.1) is 0 Å². The van der Waals surface area contributed by atoms with Crippen molar-refractivity contribution in [2.45, 2.75) is 39.5 Å². The summed E-state index contributed by atoms with van der Waals surface area (Å²) in [6.07, 6.45) is 0. The van der Waals surface area contributed by atoms with Crippen LogP contribution >= 0.6 is 34.8 Å². The van der Waals surface area contributed by atoms with E-state index in [0.717, 1.165) is 5.56 Å². The molecule has 2 aromatic carbocycles. The van der Waals surface area contributed by atoms with Crippen LogP contribution in [0, 0.1) is 29.1 Å². The van der Waals surface area contributed by atoms with Crippen molar-refractivity contribution in [3.8, 4) is 0 Å². The maximum atomic E-state index is 12.9. The fourth-order valence-corrected chi connectivity index (χ4v) is 3.49. The van der Waals surface area contributed by atoms with Crippen LogP contribution in [-0.4, -0.2) is 0 Å². The first-order valence-corrected chi connectivity index (χ1v) is 8.69. The molecule has 0 radical (unpaired) electrons. The molecule has 0 bridgehead atoms. The Morgan fingerprint density at radius 3 is 1.19 bits per heavy atom. The second-order valence-corrected chi connectivity index (χ2v) is 7.33. The Morgan fingerprint density at radius 1 is 0.577 bits per heavy atom. The first kappa shape index (κ1) is 23.0. The molecule has 0 spiro atoms. The molecule has 0 nitrogen and oxygen atoms in total. The predicted molar refractivity (Wildman–Crippen MR) is 95.9 cm³/mol. The predicted octanol–water partition coefficient (Wildman–Crippen LogP) is 8.28. The van der Waals surface area contributed by atoms with Crippen LogP contribution in [0.25, 0.3) is 0 Å². The molecule has 0 unspecified atom stereocenters. The molecule has 0 saturated heterocycles. The van der Waals surface area contributed by atoms with E-state index >= 15 is 0 Å². The standard InChI is InChI=1S/C9H9Cl3.C9H7F5/c1-5(2)9-7(11)3-6(10)4-8(9)12;1-3(2)4-5(10)7(12)9(14)8(13)6(4)11/h3-5H,1-2H3;3H,1-2H3. The van der Waals surface area contributed by atoms with Crippen molar-refractivity contribution >= 4 is 34.8 Å². The fraction of sp³-hybridized carbons (Fsp3) is 0.333. The van der Waals surface area contributed by atoms with Gasteiger partial charge in [0.05, 0.1) is 0 Å². The van der Waals surface area contributed by atoms with Crippen LogP contribution < -0.4 is 0 Å². The Labute approximate surface area is 163 Å². The van der Waals surface area contributed by atoms with Gasteiger partial charge in [0, 0.05) is 20.6 Å². The third kappa shape index (κ3) is 5.02. The minimum atomic E-state index is -2.12. The number of rotatable bonds is 2. The monoisotopic (exact) mass is 432 g/mol. The summed E-state index contributed by atoms with van der Waals surface area (Å²) in [7, 11) is 0. The molecule has 2 aromatic rings. The molecule has 0 N–H and O–H groups in total. The summed E-state index contributed by atoms with van der Waals surface area (Å²) in [6, 6.07) is 3.43. The minimum Gasteiger partial charge on any atom is -0.203 e. The van der Waals surface area contributed by atoms with Crippen molar-refractivity contribution in [2.24, 2.45) is 0 Å². The van der Waals surface area contributed by atoms with Crippen LogP contribution in [0.5, 0.6) is 0 Å². The van der Waals surface area contributed by atoms with E-state index in [2.05, 4.69) is 0 Å². The Balaban J connectivity index is 0.000000263. The van der Waals surface area contributed by atoms with Gasteiger partial charge in [-0.25, -0.2) is 22.0 Å². The van der Waals surface area contributed by atoms with Gasteiger partial charge in [0.25, 0.3) is 0 Å². The van der Waals surface area contributed by atoms with Gasteiger partial charge in [0.2, 0.25) is 5.82 Å². The smallest absolute Gasteiger partial charge is 0.200 e. The normalized spacial score (nSPS) is 11.0. The van der Waals surface area contributed by atoms with Crippen molar-refractivity contribution in [3.05, 3.63) is 67.4 Å². The number of benzene rings is 2. The maximum absolute atomic E-state index is 12.9. The van der Waals surface area contributed by atoms with Crippen LogP contribution in [-0.2, 0) is 0 Å². The highest BCUT2D eigenvalue weighted by Crippen LogP contribution is 2.34. The summed E-state index contributed by atoms with van der Waals surface area (Å²) in [4.78, 5) is 0. The summed E-state index contributed by atoms with van der Waals surface area (Å²) in [5.74, 6) is -9.86. The van der Waals surface area contributed by atoms with Crippen LogP contribution in [0.2, 0.25) is 15.1 Å². The van der Waals surface area contributed by atoms with Gasteiger partial charge in [-0.1, -0.05) is 62.5 Å². The van der Waals surface area contributed by atoms with E-state index in [-0.39, 0.29) is 0 Å². The molecule has 0 aliphatic heterocycles. The zero-order valence-electron chi connectivity index (χ0n) is 14.3. The van der Waals surface area contributed by atoms with Crippen molar-refractivity contribution < 1.29 is 22.0 Å². The van der Waals surface area contributed by atoms with Crippen LogP contribution in [0.4, 0.5) is 22.0 Å². The highest BCUT2D eigenvalue weighted by Gasteiger charge is 2.26. The number of hydrogen-bond donors (Lipinski definition) is 0. The summed E-state index contributed by atoms with van der Waals surface area (Å²) in [6.45, 7) is 6.78. The molecule has 144 valence electrons. The Kier molecular flexibility index (Phi) is 8.18. The molecule has 26 heavy (non-hydrogen) atoms. The first-order chi connectivity index (χ1) is 11.9. The molecular weight excluding hydrogens is 418 g/mol. The molecule has 0 amide bonds. The lowest BCUT2D eigenvalue weighted by atomic mass is 10.0. The highest BCUT2D eigenvalue weighted by molar-refractivity contribution is 6.39. The van der Waals surface area contributed by atoms with E-state index in [1.807, 2.05) is 13.8 Å². The second kappa shape index (κ2) is 9.25. The Morgan fingerprint density at radius 2 is 0.885 bits per heavy atom. The van der Waals surface area contributed by atoms with E-state index < -0.39 is 40.6 Å². The number of halogens is 8. The topological polar surface area (TPSA) is 0 Å². The minimum absolute atomic E-state index is 0.322. The average Bonchev–Trinajstić information content (AvgIpc) is 2.50. The lowest BCUT2D eigenvalue weighted by Crippen LogP contribution is -2.08. The average molecular weight is 434 g/mol. The summed E-state index contributed by atoms with van der Waals surface area (Å²) >= 11 is 17.7. The molecule has 2 rings (SSSR count). The maximum Gasteiger partial charge on any atom is 0.200 e. The Hall–Kier alpha value is -1.04. The molecule has 0 atom stereocenters. The molecule has 0 aromatic heterocycles. The third-order valence-electron chi connectivity index (χ3n) is 3.44. The van der Waals surface area contributed by atoms with Crippen molar-refractivity contribution in [1.82, 2.24) is 0 Å². The highest BCUT2D eigenvalue weighted by atomic mass is 35.5. The lowest BCUT2D eigenvalue weighted by molar-refractivity contribution is 0.366. The summed E-state index contributed by atoms with van der Waals surface area (Å²) in [5, 5.41) is 1.86. The fourth-order valence-electron chi connectivity index (χ4n) is 2.23. The van der Waals surface area contributed by atoms with E-state index in [4.69, 9.17) is 34.8 Å². The zero-order chi connectivity index (χ0) is 20.3. The molecule has 0 fully saturated rings. The van der Waals surface area contributed by atoms with Crippen LogP contribution in [0.15, 0.2) is 12.1 Å². The van der Waals surface area contributed by atoms with E-state index in [0.29, 0.717) is 21.0 Å². The molecule has 0 saturated carbocycles. The van der Waals surface area contributed by atoms with Gasteiger partial charge in [-0.05, 0) is 29.5 Å². The molecular formula is C18H16Cl3F5. The van der Waals surface area contributed by atoms with Crippen molar-refractivity contribution in [3.63, 3.8) is 0 Å². The van der Waals surface area contributed by atoms with Crippen LogP contribution in [0.3, 0.4) is 0 Å². The van der Waals surface area contributed by atoms with Gasteiger partial charge in [-0.3, -0.25) is 0 Å². The molecule has 0 heterocycles. The molecule has 8 heteroatoms.